The van der Waals surface area contributed by atoms with Gasteiger partial charge in [-0.15, -0.1) is 0 Å². The predicted molar refractivity (Wildman–Crippen MR) is 96.7 cm³/mol. The molecule has 2 rings (SSSR count). The van der Waals surface area contributed by atoms with Crippen molar-refractivity contribution >= 4 is 15.7 Å². The molecule has 2 aromatic rings. The maximum atomic E-state index is 12.5. The van der Waals surface area contributed by atoms with Gasteiger partial charge in [-0.3, -0.25) is 4.79 Å². The summed E-state index contributed by atoms with van der Waals surface area (Å²) in [6, 6.07) is 14.8. The second-order valence-corrected chi connectivity index (χ2v) is 8.26. The zero-order valence-electron chi connectivity index (χ0n) is 14.2. The molecule has 0 aliphatic heterocycles. The Hall–Kier alpha value is -2.14. The molecule has 24 heavy (non-hydrogen) atoms. The number of aryl methyl sites for hydroxylation is 1. The number of carbonyl (C=O) groups excluding carboxylic acids is 1. The number of benzene rings is 2. The molecule has 0 saturated carbocycles. The topological polar surface area (TPSA) is 63.2 Å². The third-order valence-corrected chi connectivity index (χ3v) is 4.67. The number of hydrogen-bond acceptors (Lipinski definition) is 3. The molecule has 128 valence electrons. The van der Waals surface area contributed by atoms with Gasteiger partial charge < -0.3 is 5.32 Å². The zero-order valence-corrected chi connectivity index (χ0v) is 15.1. The summed E-state index contributed by atoms with van der Waals surface area (Å²) in [4.78, 5) is 12.5. The van der Waals surface area contributed by atoms with Crippen LogP contribution in [0.3, 0.4) is 0 Å². The van der Waals surface area contributed by atoms with E-state index in [2.05, 4.69) is 5.32 Å². The van der Waals surface area contributed by atoms with Crippen molar-refractivity contribution in [2.45, 2.75) is 32.1 Å². The molecule has 1 N–H and O–H groups in total. The molecule has 0 fully saturated rings. The van der Waals surface area contributed by atoms with E-state index in [1.165, 1.54) is 11.8 Å². The highest BCUT2D eigenvalue weighted by molar-refractivity contribution is 7.89. The van der Waals surface area contributed by atoms with Gasteiger partial charge in [0.2, 0.25) is 0 Å². The van der Waals surface area contributed by atoms with Crippen molar-refractivity contribution in [2.75, 3.05) is 6.26 Å². The summed E-state index contributed by atoms with van der Waals surface area (Å²) in [5.41, 5.74) is 3.33. The van der Waals surface area contributed by atoms with Crippen LogP contribution in [-0.2, 0) is 15.6 Å². The maximum absolute atomic E-state index is 12.5. The molecule has 4 nitrogen and oxygen atoms in total. The molecule has 0 aliphatic carbocycles. The van der Waals surface area contributed by atoms with Crippen molar-refractivity contribution in [1.82, 2.24) is 5.32 Å². The average Bonchev–Trinajstić information content (AvgIpc) is 2.52. The molecule has 0 bridgehead atoms. The summed E-state index contributed by atoms with van der Waals surface area (Å²) >= 11 is 0. The maximum Gasteiger partial charge on any atom is 0.251 e. The first-order valence-corrected chi connectivity index (χ1v) is 9.98. The minimum Gasteiger partial charge on any atom is -0.345 e. The highest BCUT2D eigenvalue weighted by Crippen LogP contribution is 2.18. The number of hydrogen-bond donors (Lipinski definition) is 1. The van der Waals surface area contributed by atoms with Gasteiger partial charge in [-0.2, -0.15) is 0 Å². The molecule has 0 aromatic heterocycles. The Bertz CT molecular complexity index is 811. The Morgan fingerprint density at radius 2 is 1.79 bits per heavy atom. The van der Waals surface area contributed by atoms with Crippen LogP contribution in [-0.4, -0.2) is 20.6 Å². The van der Waals surface area contributed by atoms with Crippen molar-refractivity contribution < 1.29 is 13.2 Å². The van der Waals surface area contributed by atoms with E-state index >= 15 is 0 Å². The molecule has 0 spiro atoms. The number of rotatable bonds is 6. The Kier molecular flexibility index (Phi) is 5.78. The smallest absolute Gasteiger partial charge is 0.251 e. The molecule has 1 amide bonds. The molecule has 0 unspecified atom stereocenters. The van der Waals surface area contributed by atoms with Gasteiger partial charge in [-0.25, -0.2) is 8.42 Å². The van der Waals surface area contributed by atoms with Crippen LogP contribution in [0.5, 0.6) is 0 Å². The molecule has 2 aromatic carbocycles. The lowest BCUT2D eigenvalue weighted by molar-refractivity contribution is 0.0935. The van der Waals surface area contributed by atoms with Crippen LogP contribution < -0.4 is 5.32 Å². The summed E-state index contributed by atoms with van der Waals surface area (Å²) in [7, 11) is -3.13. The van der Waals surface area contributed by atoms with Gasteiger partial charge >= 0.3 is 0 Å². The average molecular weight is 345 g/mol. The summed E-state index contributed by atoms with van der Waals surface area (Å²) in [6.07, 6.45) is 1.96. The van der Waals surface area contributed by atoms with E-state index in [0.717, 1.165) is 12.0 Å². The lowest BCUT2D eigenvalue weighted by atomic mass is 10.0. The van der Waals surface area contributed by atoms with Gasteiger partial charge in [-0.05, 0) is 36.6 Å². The molecule has 1 atom stereocenters. The van der Waals surface area contributed by atoms with Gasteiger partial charge in [-0.1, -0.05) is 48.9 Å². The lowest BCUT2D eigenvalue weighted by Gasteiger charge is -2.18. The van der Waals surface area contributed by atoms with E-state index in [9.17, 15) is 13.2 Å². The Labute approximate surface area is 143 Å². The van der Waals surface area contributed by atoms with Gasteiger partial charge in [0.1, 0.15) is 0 Å². The number of amides is 1. The van der Waals surface area contributed by atoms with E-state index in [1.807, 2.05) is 38.1 Å². The number of sulfone groups is 1. The first-order valence-electron chi connectivity index (χ1n) is 7.92. The van der Waals surface area contributed by atoms with Crippen LogP contribution >= 0.6 is 0 Å². The van der Waals surface area contributed by atoms with Gasteiger partial charge in [0.15, 0.2) is 9.84 Å². The quantitative estimate of drug-likeness (QED) is 0.872. The van der Waals surface area contributed by atoms with Crippen LogP contribution in [0.25, 0.3) is 0 Å². The fourth-order valence-corrected chi connectivity index (χ4v) is 3.35. The van der Waals surface area contributed by atoms with E-state index in [-0.39, 0.29) is 17.7 Å². The van der Waals surface area contributed by atoms with Crippen molar-refractivity contribution in [3.8, 4) is 0 Å². The largest absolute Gasteiger partial charge is 0.345 e. The second-order valence-electron chi connectivity index (χ2n) is 6.12. The van der Waals surface area contributed by atoms with Crippen LogP contribution in [0.2, 0.25) is 0 Å². The van der Waals surface area contributed by atoms with E-state index < -0.39 is 9.84 Å². The van der Waals surface area contributed by atoms with Crippen molar-refractivity contribution in [3.05, 3.63) is 70.8 Å². The van der Waals surface area contributed by atoms with Crippen LogP contribution in [0.4, 0.5) is 0 Å². The second kappa shape index (κ2) is 7.62. The summed E-state index contributed by atoms with van der Waals surface area (Å²) in [5, 5.41) is 3.02. The van der Waals surface area contributed by atoms with Crippen LogP contribution in [0.15, 0.2) is 48.5 Å². The third kappa shape index (κ3) is 5.20. The van der Waals surface area contributed by atoms with Gasteiger partial charge in [0, 0.05) is 11.8 Å². The predicted octanol–water partition coefficient (Wildman–Crippen LogP) is 3.42. The van der Waals surface area contributed by atoms with Crippen molar-refractivity contribution in [3.63, 3.8) is 0 Å². The van der Waals surface area contributed by atoms with Gasteiger partial charge in [0.25, 0.3) is 5.91 Å². The molecule has 5 heteroatoms. The highest BCUT2D eigenvalue weighted by atomic mass is 32.2. The zero-order chi connectivity index (χ0) is 17.7. The highest BCUT2D eigenvalue weighted by Gasteiger charge is 2.15. The van der Waals surface area contributed by atoms with Crippen molar-refractivity contribution in [1.29, 1.82) is 0 Å². The Morgan fingerprint density at radius 1 is 1.12 bits per heavy atom. The molecular weight excluding hydrogens is 322 g/mol. The number of carbonyl (C=O) groups is 1. The first kappa shape index (κ1) is 18.2. The standard InChI is InChI=1S/C19H23NO3S/c1-4-18(16-10-8-14(2)9-11-16)20-19(21)17-7-5-6-15(12-17)13-24(3,22)23/h5-12,18H,4,13H2,1-3H3,(H,20,21)/t18-/m0/s1. The molecule has 0 radical (unpaired) electrons. The monoisotopic (exact) mass is 345 g/mol. The van der Waals surface area contributed by atoms with Crippen LogP contribution in [0, 0.1) is 6.92 Å². The molecule has 0 aliphatic rings. The van der Waals surface area contributed by atoms with E-state index in [4.69, 9.17) is 0 Å². The normalized spacial score (nSPS) is 12.6. The summed E-state index contributed by atoms with van der Waals surface area (Å²) in [5.74, 6) is -0.263. The minimum atomic E-state index is -3.13. The van der Waals surface area contributed by atoms with E-state index in [1.54, 1.807) is 24.3 Å². The minimum absolute atomic E-state index is 0.0662. The molecule has 0 heterocycles. The third-order valence-electron chi connectivity index (χ3n) is 3.81. The summed E-state index contributed by atoms with van der Waals surface area (Å²) in [6.45, 7) is 4.04. The Balaban J connectivity index is 2.16. The van der Waals surface area contributed by atoms with Gasteiger partial charge in [0.05, 0.1) is 11.8 Å². The SMILES string of the molecule is CC[C@H](NC(=O)c1cccc(CS(C)(=O)=O)c1)c1ccc(C)cc1. The fraction of sp³-hybridized carbons (Fsp3) is 0.316. The van der Waals surface area contributed by atoms with Crippen molar-refractivity contribution in [2.24, 2.45) is 0 Å². The molecular formula is C19H23NO3S. The lowest BCUT2D eigenvalue weighted by Crippen LogP contribution is -2.28. The Morgan fingerprint density at radius 3 is 2.38 bits per heavy atom. The molecule has 0 saturated heterocycles. The first-order chi connectivity index (χ1) is 11.3. The van der Waals surface area contributed by atoms with E-state index in [0.29, 0.717) is 11.1 Å². The van der Waals surface area contributed by atoms with Crippen LogP contribution in [0.1, 0.15) is 46.4 Å². The summed E-state index contributed by atoms with van der Waals surface area (Å²) < 4.78 is 22.8. The fourth-order valence-electron chi connectivity index (χ4n) is 2.57. The number of nitrogens with one attached hydrogen (secondary N) is 1.